The van der Waals surface area contributed by atoms with Crippen LogP contribution in [0.25, 0.3) is 11.1 Å². The van der Waals surface area contributed by atoms with E-state index >= 15 is 0 Å². The summed E-state index contributed by atoms with van der Waals surface area (Å²) in [4.78, 5) is 0. The molecule has 1 nitrogen and oxygen atoms in total. The maximum atomic E-state index is 14.4. The highest BCUT2D eigenvalue weighted by atomic mass is 19.1. The lowest BCUT2D eigenvalue weighted by Gasteiger charge is -2.11. The molecule has 112 valence electrons. The normalized spacial score (nSPS) is 10.9. The van der Waals surface area contributed by atoms with Gasteiger partial charge in [0, 0.05) is 12.1 Å². The Kier molecular flexibility index (Phi) is 5.51. The summed E-state index contributed by atoms with van der Waals surface area (Å²) in [6.45, 7) is 7.95. The van der Waals surface area contributed by atoms with Gasteiger partial charge in [0.1, 0.15) is 5.82 Å². The van der Waals surface area contributed by atoms with Crippen molar-refractivity contribution in [2.24, 2.45) is 0 Å². The molecule has 2 heteroatoms. The van der Waals surface area contributed by atoms with Crippen LogP contribution in [0.5, 0.6) is 0 Å². The lowest BCUT2D eigenvalue weighted by molar-refractivity contribution is 0.625. The Balaban J connectivity index is 2.33. The van der Waals surface area contributed by atoms with Crippen molar-refractivity contribution in [2.45, 2.75) is 40.2 Å². The third-order valence-electron chi connectivity index (χ3n) is 3.89. The van der Waals surface area contributed by atoms with Crippen LogP contribution in [0.15, 0.2) is 36.4 Å². The van der Waals surface area contributed by atoms with E-state index in [0.29, 0.717) is 12.1 Å². The number of rotatable bonds is 6. The Morgan fingerprint density at radius 3 is 2.29 bits per heavy atom. The van der Waals surface area contributed by atoms with E-state index in [-0.39, 0.29) is 5.82 Å². The average molecular weight is 285 g/mol. The highest BCUT2D eigenvalue weighted by Crippen LogP contribution is 2.26. The molecule has 21 heavy (non-hydrogen) atoms. The quantitative estimate of drug-likeness (QED) is 0.809. The maximum absolute atomic E-state index is 14.4. The van der Waals surface area contributed by atoms with Crippen LogP contribution in [0.2, 0.25) is 0 Å². The van der Waals surface area contributed by atoms with Crippen molar-refractivity contribution >= 4 is 0 Å². The fourth-order valence-corrected chi connectivity index (χ4v) is 2.64. The fourth-order valence-electron chi connectivity index (χ4n) is 2.64. The number of aryl methyl sites for hydroxylation is 2. The maximum Gasteiger partial charge on any atom is 0.131 e. The highest BCUT2D eigenvalue weighted by molar-refractivity contribution is 5.66. The van der Waals surface area contributed by atoms with Crippen molar-refractivity contribution in [1.29, 1.82) is 0 Å². The van der Waals surface area contributed by atoms with Crippen molar-refractivity contribution in [3.8, 4) is 11.1 Å². The van der Waals surface area contributed by atoms with Gasteiger partial charge >= 0.3 is 0 Å². The first kappa shape index (κ1) is 15.7. The van der Waals surface area contributed by atoms with Gasteiger partial charge in [0.15, 0.2) is 0 Å². The van der Waals surface area contributed by atoms with Gasteiger partial charge in [-0.2, -0.15) is 0 Å². The zero-order valence-corrected chi connectivity index (χ0v) is 13.2. The van der Waals surface area contributed by atoms with E-state index in [0.717, 1.165) is 30.5 Å². The molecule has 0 spiro atoms. The predicted octanol–water partition coefficient (Wildman–Crippen LogP) is 4.73. The third kappa shape index (κ3) is 3.70. The molecular formula is C19H24FN. The Morgan fingerprint density at radius 2 is 1.67 bits per heavy atom. The molecule has 0 radical (unpaired) electrons. The van der Waals surface area contributed by atoms with Crippen molar-refractivity contribution in [3.05, 3.63) is 58.9 Å². The summed E-state index contributed by atoms with van der Waals surface area (Å²) in [7, 11) is 0. The summed E-state index contributed by atoms with van der Waals surface area (Å²) in [5.74, 6) is -0.142. The minimum Gasteiger partial charge on any atom is -0.313 e. The van der Waals surface area contributed by atoms with Gasteiger partial charge in [-0.3, -0.25) is 0 Å². The molecule has 0 saturated heterocycles. The molecule has 0 atom stereocenters. The largest absolute Gasteiger partial charge is 0.313 e. The second kappa shape index (κ2) is 7.37. The summed E-state index contributed by atoms with van der Waals surface area (Å²) in [5.41, 5.74) is 5.31. The Hall–Kier alpha value is -1.67. The topological polar surface area (TPSA) is 12.0 Å². The van der Waals surface area contributed by atoms with Gasteiger partial charge < -0.3 is 5.32 Å². The number of hydrogen-bond donors (Lipinski definition) is 1. The Labute approximate surface area is 127 Å². The first-order chi connectivity index (χ1) is 10.2. The van der Waals surface area contributed by atoms with E-state index in [9.17, 15) is 4.39 Å². The van der Waals surface area contributed by atoms with Crippen LogP contribution in [0.3, 0.4) is 0 Å². The van der Waals surface area contributed by atoms with Gasteiger partial charge in [0.25, 0.3) is 0 Å². The minimum atomic E-state index is -0.142. The second-order valence-electron chi connectivity index (χ2n) is 5.29. The van der Waals surface area contributed by atoms with Gasteiger partial charge in [-0.1, -0.05) is 51.1 Å². The van der Waals surface area contributed by atoms with E-state index in [1.807, 2.05) is 25.1 Å². The standard InChI is InChI=1S/C19H24FN/c1-4-15-8-9-17(12-16(15)5-2)18-10-7-14(11-19(18)20)13-21-6-3/h7-12,21H,4-6,13H2,1-3H3. The first-order valence-corrected chi connectivity index (χ1v) is 7.80. The van der Waals surface area contributed by atoms with E-state index in [2.05, 4.69) is 31.3 Å². The minimum absolute atomic E-state index is 0.142. The molecule has 2 aromatic rings. The molecule has 1 N–H and O–H groups in total. The smallest absolute Gasteiger partial charge is 0.131 e. The van der Waals surface area contributed by atoms with Gasteiger partial charge in [0.2, 0.25) is 0 Å². The number of halogens is 1. The van der Waals surface area contributed by atoms with Crippen molar-refractivity contribution in [1.82, 2.24) is 5.32 Å². The van der Waals surface area contributed by atoms with Crippen LogP contribution in [-0.2, 0) is 19.4 Å². The molecule has 0 aromatic heterocycles. The summed E-state index contributed by atoms with van der Waals surface area (Å²) in [6.07, 6.45) is 2.00. The molecule has 0 aliphatic rings. The monoisotopic (exact) mass is 285 g/mol. The molecule has 0 aliphatic heterocycles. The van der Waals surface area contributed by atoms with Gasteiger partial charge in [-0.15, -0.1) is 0 Å². The molecule has 2 rings (SSSR count). The van der Waals surface area contributed by atoms with Gasteiger partial charge in [-0.25, -0.2) is 4.39 Å². The van der Waals surface area contributed by atoms with Crippen LogP contribution in [0.1, 0.15) is 37.5 Å². The Bertz CT molecular complexity index is 605. The van der Waals surface area contributed by atoms with Crippen LogP contribution in [-0.4, -0.2) is 6.54 Å². The first-order valence-electron chi connectivity index (χ1n) is 7.80. The average Bonchev–Trinajstić information content (AvgIpc) is 2.52. The summed E-state index contributed by atoms with van der Waals surface area (Å²) >= 11 is 0. The van der Waals surface area contributed by atoms with Crippen molar-refractivity contribution in [3.63, 3.8) is 0 Å². The van der Waals surface area contributed by atoms with Gasteiger partial charge in [-0.05, 0) is 47.7 Å². The lowest BCUT2D eigenvalue weighted by atomic mass is 9.96. The van der Waals surface area contributed by atoms with Crippen LogP contribution in [0, 0.1) is 5.82 Å². The van der Waals surface area contributed by atoms with Gasteiger partial charge in [0.05, 0.1) is 0 Å². The molecule has 0 saturated carbocycles. The second-order valence-corrected chi connectivity index (χ2v) is 5.29. The molecule has 0 heterocycles. The molecular weight excluding hydrogens is 261 g/mol. The third-order valence-corrected chi connectivity index (χ3v) is 3.89. The zero-order valence-electron chi connectivity index (χ0n) is 13.2. The Morgan fingerprint density at radius 1 is 0.905 bits per heavy atom. The van der Waals surface area contributed by atoms with E-state index in [1.54, 1.807) is 6.07 Å². The number of hydrogen-bond acceptors (Lipinski definition) is 1. The van der Waals surface area contributed by atoms with E-state index < -0.39 is 0 Å². The number of nitrogens with one attached hydrogen (secondary N) is 1. The molecule has 0 bridgehead atoms. The summed E-state index contributed by atoms with van der Waals surface area (Å²) in [6, 6.07) is 11.8. The molecule has 0 unspecified atom stereocenters. The molecule has 0 aliphatic carbocycles. The molecule has 0 fully saturated rings. The SMILES string of the molecule is CCNCc1ccc(-c2ccc(CC)c(CC)c2)c(F)c1. The molecule has 0 amide bonds. The summed E-state index contributed by atoms with van der Waals surface area (Å²) in [5, 5.41) is 3.22. The zero-order chi connectivity index (χ0) is 15.2. The molecule has 2 aromatic carbocycles. The predicted molar refractivity (Wildman–Crippen MR) is 88.0 cm³/mol. The van der Waals surface area contributed by atoms with Crippen molar-refractivity contribution in [2.75, 3.05) is 6.54 Å². The van der Waals surface area contributed by atoms with Crippen LogP contribution < -0.4 is 5.32 Å². The van der Waals surface area contributed by atoms with Crippen molar-refractivity contribution < 1.29 is 4.39 Å². The summed E-state index contributed by atoms with van der Waals surface area (Å²) < 4.78 is 14.4. The van der Waals surface area contributed by atoms with E-state index in [4.69, 9.17) is 0 Å². The number of benzene rings is 2. The highest BCUT2D eigenvalue weighted by Gasteiger charge is 2.08. The lowest BCUT2D eigenvalue weighted by Crippen LogP contribution is -2.11. The van der Waals surface area contributed by atoms with Crippen LogP contribution in [0.4, 0.5) is 4.39 Å². The fraction of sp³-hybridized carbons (Fsp3) is 0.368. The van der Waals surface area contributed by atoms with E-state index in [1.165, 1.54) is 11.1 Å². The van der Waals surface area contributed by atoms with Crippen LogP contribution >= 0.6 is 0 Å².